The molecule has 0 radical (unpaired) electrons. The summed E-state index contributed by atoms with van der Waals surface area (Å²) in [6.07, 6.45) is 2.35. The summed E-state index contributed by atoms with van der Waals surface area (Å²) >= 11 is 3.14. The molecule has 3 rings (SSSR count). The van der Waals surface area contributed by atoms with Gasteiger partial charge in [-0.25, -0.2) is 13.1 Å². The Balaban J connectivity index is 1.91. The first-order valence-electron chi connectivity index (χ1n) is 6.48. The van der Waals surface area contributed by atoms with Crippen molar-refractivity contribution in [2.24, 2.45) is 0 Å². The maximum atomic E-state index is 12.5. The molecule has 1 N–H and O–H groups in total. The van der Waals surface area contributed by atoms with E-state index in [9.17, 15) is 18.5 Å². The number of fused-ring (bicyclic) bond motifs is 2. The summed E-state index contributed by atoms with van der Waals surface area (Å²) in [7, 11) is -3.97. The number of hydrogen-bond acceptors (Lipinski definition) is 5. The van der Waals surface area contributed by atoms with Crippen molar-refractivity contribution in [1.29, 1.82) is 0 Å². The number of nitrogens with zero attached hydrogens (tertiary/aromatic N) is 1. The lowest BCUT2D eigenvalue weighted by molar-refractivity contribution is -0.387. The summed E-state index contributed by atoms with van der Waals surface area (Å²) in [5, 5.41) is 11.0. The first kappa shape index (κ1) is 14.9. The minimum Gasteiger partial charge on any atom is -0.373 e. The number of ether oxygens (including phenoxy) is 1. The third-order valence-electron chi connectivity index (χ3n) is 3.82. The molecule has 7 nitrogen and oxygen atoms in total. The summed E-state index contributed by atoms with van der Waals surface area (Å²) in [5.41, 5.74) is -0.435. The van der Waals surface area contributed by atoms with Crippen LogP contribution in [-0.4, -0.2) is 31.6 Å². The van der Waals surface area contributed by atoms with Crippen molar-refractivity contribution >= 4 is 31.6 Å². The first-order chi connectivity index (χ1) is 9.87. The molecule has 9 heteroatoms. The molecule has 2 bridgehead atoms. The van der Waals surface area contributed by atoms with E-state index in [1.807, 2.05) is 0 Å². The molecule has 3 unspecified atom stereocenters. The van der Waals surface area contributed by atoms with E-state index in [4.69, 9.17) is 4.74 Å². The van der Waals surface area contributed by atoms with Crippen molar-refractivity contribution in [2.75, 3.05) is 0 Å². The highest BCUT2D eigenvalue weighted by atomic mass is 79.9. The zero-order chi connectivity index (χ0) is 15.2. The lowest BCUT2D eigenvalue weighted by Gasteiger charge is -2.19. The Morgan fingerprint density at radius 2 is 2.14 bits per heavy atom. The van der Waals surface area contributed by atoms with Crippen LogP contribution in [0, 0.1) is 10.1 Å². The highest BCUT2D eigenvalue weighted by Crippen LogP contribution is 2.36. The lowest BCUT2D eigenvalue weighted by atomic mass is 9.96. The molecule has 21 heavy (non-hydrogen) atoms. The third-order valence-corrected chi connectivity index (χ3v) is 5.83. The predicted molar refractivity (Wildman–Crippen MR) is 77.4 cm³/mol. The van der Waals surface area contributed by atoms with E-state index in [1.54, 1.807) is 0 Å². The van der Waals surface area contributed by atoms with Crippen LogP contribution in [-0.2, 0) is 14.8 Å². The van der Waals surface area contributed by atoms with Crippen molar-refractivity contribution in [3.05, 3.63) is 32.8 Å². The molecule has 0 aromatic heterocycles. The Bertz CT molecular complexity index is 693. The van der Waals surface area contributed by atoms with E-state index in [-0.39, 0.29) is 23.1 Å². The van der Waals surface area contributed by atoms with Gasteiger partial charge in [0.1, 0.15) is 0 Å². The number of rotatable bonds is 4. The average Bonchev–Trinajstić information content (AvgIpc) is 3.00. The molecule has 2 heterocycles. The highest BCUT2D eigenvalue weighted by molar-refractivity contribution is 9.10. The van der Waals surface area contributed by atoms with E-state index in [0.717, 1.165) is 12.8 Å². The molecule has 0 aliphatic carbocycles. The van der Waals surface area contributed by atoms with Crippen molar-refractivity contribution in [2.45, 2.75) is 42.4 Å². The molecular weight excluding hydrogens is 364 g/mol. The fourth-order valence-corrected chi connectivity index (χ4v) is 4.86. The smallest absolute Gasteiger partial charge is 0.289 e. The Kier molecular flexibility index (Phi) is 3.76. The van der Waals surface area contributed by atoms with Gasteiger partial charge in [-0.2, -0.15) is 0 Å². The van der Waals surface area contributed by atoms with Gasteiger partial charge in [0.2, 0.25) is 10.0 Å². The van der Waals surface area contributed by atoms with Gasteiger partial charge in [-0.1, -0.05) is 15.9 Å². The van der Waals surface area contributed by atoms with Gasteiger partial charge in [-0.15, -0.1) is 0 Å². The number of nitro groups is 1. The minimum atomic E-state index is -3.97. The second kappa shape index (κ2) is 5.31. The van der Waals surface area contributed by atoms with Crippen molar-refractivity contribution in [3.63, 3.8) is 0 Å². The quantitative estimate of drug-likeness (QED) is 0.639. The number of nitrogens with one attached hydrogen (secondary N) is 1. The maximum Gasteiger partial charge on any atom is 0.289 e. The number of benzene rings is 1. The van der Waals surface area contributed by atoms with Crippen LogP contribution in [0.2, 0.25) is 0 Å². The van der Waals surface area contributed by atoms with Crippen LogP contribution in [0.15, 0.2) is 27.6 Å². The fraction of sp³-hybridized carbons (Fsp3) is 0.500. The van der Waals surface area contributed by atoms with Gasteiger partial charge in [0.25, 0.3) is 5.69 Å². The third kappa shape index (κ3) is 2.83. The van der Waals surface area contributed by atoms with Gasteiger partial charge in [0.15, 0.2) is 4.90 Å². The number of halogens is 1. The second-order valence-corrected chi connectivity index (χ2v) is 7.80. The molecule has 1 aromatic carbocycles. The molecule has 114 valence electrons. The zero-order valence-electron chi connectivity index (χ0n) is 10.9. The molecule has 2 aliphatic heterocycles. The predicted octanol–water partition coefficient (Wildman–Crippen LogP) is 1.96. The Morgan fingerprint density at radius 3 is 2.71 bits per heavy atom. The van der Waals surface area contributed by atoms with Crippen LogP contribution < -0.4 is 4.72 Å². The van der Waals surface area contributed by atoms with Crippen LogP contribution in [0.3, 0.4) is 0 Å². The van der Waals surface area contributed by atoms with E-state index >= 15 is 0 Å². The Morgan fingerprint density at radius 1 is 1.38 bits per heavy atom. The SMILES string of the molecule is O=[N+]([O-])c1ccc(Br)cc1S(=O)(=O)NC1CC2CCC1O2. The molecule has 0 amide bonds. The van der Waals surface area contributed by atoms with Gasteiger partial charge in [0, 0.05) is 10.5 Å². The van der Waals surface area contributed by atoms with Gasteiger partial charge in [-0.05, 0) is 31.4 Å². The fourth-order valence-electron chi connectivity index (χ4n) is 2.88. The van der Waals surface area contributed by atoms with Crippen molar-refractivity contribution < 1.29 is 18.1 Å². The molecule has 0 saturated carbocycles. The maximum absolute atomic E-state index is 12.5. The van der Waals surface area contributed by atoms with E-state index < -0.39 is 20.6 Å². The summed E-state index contributed by atoms with van der Waals surface area (Å²) in [5.74, 6) is 0. The Hall–Kier alpha value is -1.03. The van der Waals surface area contributed by atoms with Gasteiger partial charge >= 0.3 is 0 Å². The van der Waals surface area contributed by atoms with Crippen LogP contribution in [0.5, 0.6) is 0 Å². The topological polar surface area (TPSA) is 98.5 Å². The summed E-state index contributed by atoms with van der Waals surface area (Å²) < 4.78 is 33.5. The second-order valence-electron chi connectivity index (χ2n) is 5.21. The molecule has 2 fully saturated rings. The standard InChI is InChI=1S/C12H13BrN2O5S/c13-7-1-3-10(15(16)17)12(5-7)21(18,19)14-9-6-8-2-4-11(9)20-8/h1,3,5,8-9,11,14H,2,4,6H2. The summed E-state index contributed by atoms with van der Waals surface area (Å²) in [4.78, 5) is 9.99. The highest BCUT2D eigenvalue weighted by Gasteiger charge is 2.43. The van der Waals surface area contributed by atoms with Crippen molar-refractivity contribution in [1.82, 2.24) is 4.72 Å². The molecular formula is C12H13BrN2O5S. The van der Waals surface area contributed by atoms with E-state index in [0.29, 0.717) is 10.9 Å². The van der Waals surface area contributed by atoms with Gasteiger partial charge in [-0.3, -0.25) is 10.1 Å². The minimum absolute atomic E-state index is 0.0974. The molecule has 2 aliphatic rings. The average molecular weight is 377 g/mol. The van der Waals surface area contributed by atoms with Gasteiger partial charge in [0.05, 0.1) is 23.2 Å². The van der Waals surface area contributed by atoms with E-state index in [1.165, 1.54) is 18.2 Å². The van der Waals surface area contributed by atoms with Gasteiger partial charge < -0.3 is 4.74 Å². The Labute approximate surface area is 130 Å². The largest absolute Gasteiger partial charge is 0.373 e. The van der Waals surface area contributed by atoms with E-state index in [2.05, 4.69) is 20.7 Å². The van der Waals surface area contributed by atoms with Crippen LogP contribution in [0.1, 0.15) is 19.3 Å². The number of sulfonamides is 1. The van der Waals surface area contributed by atoms with Crippen LogP contribution in [0.25, 0.3) is 0 Å². The summed E-state index contributed by atoms with van der Waals surface area (Å²) in [6.45, 7) is 0. The van der Waals surface area contributed by atoms with Crippen molar-refractivity contribution in [3.8, 4) is 0 Å². The zero-order valence-corrected chi connectivity index (χ0v) is 13.3. The first-order valence-corrected chi connectivity index (χ1v) is 8.76. The lowest BCUT2D eigenvalue weighted by Crippen LogP contribution is -2.41. The number of hydrogen-bond donors (Lipinski definition) is 1. The molecule has 3 atom stereocenters. The molecule has 1 aromatic rings. The van der Waals surface area contributed by atoms with Crippen LogP contribution >= 0.6 is 15.9 Å². The number of nitro benzene ring substituents is 1. The normalized spacial score (nSPS) is 28.0. The monoisotopic (exact) mass is 376 g/mol. The molecule has 2 saturated heterocycles. The molecule has 0 spiro atoms. The van der Waals surface area contributed by atoms with Crippen LogP contribution in [0.4, 0.5) is 5.69 Å². The summed E-state index contributed by atoms with van der Waals surface area (Å²) in [6, 6.07) is 3.55.